The maximum atomic E-state index is 13.2. The fraction of sp³-hybridized carbons (Fsp3) is 0.364. The van der Waals surface area contributed by atoms with Crippen molar-refractivity contribution in [3.63, 3.8) is 0 Å². The van der Waals surface area contributed by atoms with E-state index in [1.54, 1.807) is 0 Å². The summed E-state index contributed by atoms with van der Waals surface area (Å²) in [5.41, 5.74) is 4.75. The Bertz CT molecular complexity index is 1030. The lowest BCUT2D eigenvalue weighted by Crippen LogP contribution is -2.48. The molecule has 3 heterocycles. The zero-order valence-electron chi connectivity index (χ0n) is 16.1. The Balaban J connectivity index is 1.60. The van der Waals surface area contributed by atoms with Crippen molar-refractivity contribution in [1.29, 1.82) is 0 Å². The SMILES string of the molecule is Cc1cc2c(cc1C)C(=O)C1(O)CCN(c3ccc4c(c3)COCCN4)C1=N2. The Morgan fingerprint density at radius 3 is 2.89 bits per heavy atom. The molecule has 0 aliphatic carbocycles. The molecule has 6 heteroatoms. The van der Waals surface area contributed by atoms with E-state index in [1.807, 2.05) is 43.0 Å². The Kier molecular flexibility index (Phi) is 3.82. The summed E-state index contributed by atoms with van der Waals surface area (Å²) in [6.45, 7) is 6.52. The summed E-state index contributed by atoms with van der Waals surface area (Å²) in [6, 6.07) is 9.87. The summed E-state index contributed by atoms with van der Waals surface area (Å²) in [6.07, 6.45) is 0.336. The van der Waals surface area contributed by atoms with Gasteiger partial charge in [0.05, 0.1) is 18.9 Å². The first kappa shape index (κ1) is 17.4. The first-order chi connectivity index (χ1) is 13.5. The molecule has 2 N–H and O–H groups in total. The van der Waals surface area contributed by atoms with E-state index < -0.39 is 5.60 Å². The Morgan fingerprint density at radius 2 is 2.04 bits per heavy atom. The smallest absolute Gasteiger partial charge is 0.204 e. The van der Waals surface area contributed by atoms with Gasteiger partial charge >= 0.3 is 0 Å². The number of rotatable bonds is 1. The summed E-state index contributed by atoms with van der Waals surface area (Å²) < 4.78 is 5.64. The number of aryl methyl sites for hydroxylation is 2. The van der Waals surface area contributed by atoms with E-state index in [0.717, 1.165) is 34.6 Å². The average Bonchev–Trinajstić information content (AvgIpc) is 2.87. The predicted molar refractivity (Wildman–Crippen MR) is 109 cm³/mol. The lowest BCUT2D eigenvalue weighted by atomic mass is 9.86. The maximum Gasteiger partial charge on any atom is 0.204 e. The second-order valence-electron chi connectivity index (χ2n) is 7.80. The molecule has 28 heavy (non-hydrogen) atoms. The van der Waals surface area contributed by atoms with Crippen LogP contribution in [0.5, 0.6) is 0 Å². The number of benzene rings is 2. The van der Waals surface area contributed by atoms with Crippen molar-refractivity contribution in [3.8, 4) is 0 Å². The Labute approximate surface area is 163 Å². The van der Waals surface area contributed by atoms with Gasteiger partial charge in [0.25, 0.3) is 0 Å². The number of carbonyl (C=O) groups excluding carboxylic acids is 1. The topological polar surface area (TPSA) is 74.2 Å². The molecule has 2 aromatic carbocycles. The van der Waals surface area contributed by atoms with Gasteiger partial charge in [0, 0.05) is 42.0 Å². The number of ether oxygens (including phenoxy) is 1. The van der Waals surface area contributed by atoms with Crippen molar-refractivity contribution in [2.45, 2.75) is 32.5 Å². The molecule has 0 saturated carbocycles. The molecule has 0 aromatic heterocycles. The van der Waals surface area contributed by atoms with Crippen LogP contribution in [0.15, 0.2) is 35.3 Å². The molecule has 1 atom stereocenters. The number of anilines is 2. The Hall–Kier alpha value is -2.70. The molecule has 0 bridgehead atoms. The van der Waals surface area contributed by atoms with Gasteiger partial charge < -0.3 is 20.1 Å². The molecule has 144 valence electrons. The molecular weight excluding hydrogens is 354 g/mol. The number of amidine groups is 1. The molecule has 0 radical (unpaired) electrons. The number of aliphatic imine (C=N–C) groups is 1. The van der Waals surface area contributed by atoms with Gasteiger partial charge in [-0.15, -0.1) is 0 Å². The minimum atomic E-state index is -1.56. The highest BCUT2D eigenvalue weighted by Crippen LogP contribution is 2.41. The first-order valence-corrected chi connectivity index (χ1v) is 9.67. The third-order valence-corrected chi connectivity index (χ3v) is 6.00. The lowest BCUT2D eigenvalue weighted by Gasteiger charge is -2.30. The summed E-state index contributed by atoms with van der Waals surface area (Å²) in [7, 11) is 0. The van der Waals surface area contributed by atoms with Gasteiger partial charge in [-0.2, -0.15) is 0 Å². The number of aliphatic hydroxyl groups is 1. The van der Waals surface area contributed by atoms with Crippen molar-refractivity contribution in [3.05, 3.63) is 52.6 Å². The summed E-state index contributed by atoms with van der Waals surface area (Å²) in [5, 5.41) is 14.6. The van der Waals surface area contributed by atoms with Gasteiger partial charge in [-0.3, -0.25) is 4.79 Å². The third kappa shape index (κ3) is 2.48. The number of hydrogen-bond acceptors (Lipinski definition) is 6. The molecule has 3 aliphatic heterocycles. The van der Waals surface area contributed by atoms with E-state index in [9.17, 15) is 9.90 Å². The molecule has 6 nitrogen and oxygen atoms in total. The fourth-order valence-corrected chi connectivity index (χ4v) is 4.23. The minimum absolute atomic E-state index is 0.252. The lowest BCUT2D eigenvalue weighted by molar-refractivity contribution is 0.0602. The van der Waals surface area contributed by atoms with Crippen LogP contribution in [0, 0.1) is 13.8 Å². The van der Waals surface area contributed by atoms with Gasteiger partial charge in [-0.25, -0.2) is 4.99 Å². The highest BCUT2D eigenvalue weighted by atomic mass is 16.5. The van der Waals surface area contributed by atoms with Gasteiger partial charge in [-0.05, 0) is 55.3 Å². The first-order valence-electron chi connectivity index (χ1n) is 9.67. The van der Waals surface area contributed by atoms with E-state index in [-0.39, 0.29) is 5.78 Å². The maximum absolute atomic E-state index is 13.2. The zero-order valence-corrected chi connectivity index (χ0v) is 16.1. The average molecular weight is 377 g/mol. The van der Waals surface area contributed by atoms with Gasteiger partial charge in [0.2, 0.25) is 5.78 Å². The van der Waals surface area contributed by atoms with Crippen molar-refractivity contribution >= 4 is 28.7 Å². The van der Waals surface area contributed by atoms with Crippen LogP contribution in [0.3, 0.4) is 0 Å². The van der Waals surface area contributed by atoms with Gasteiger partial charge in [0.1, 0.15) is 5.84 Å². The number of fused-ring (bicyclic) bond motifs is 3. The number of Topliss-reactive ketones (excluding diaryl/α,β-unsaturated/α-hetero) is 1. The minimum Gasteiger partial charge on any atom is -0.382 e. The molecule has 1 fully saturated rings. The van der Waals surface area contributed by atoms with Crippen LogP contribution < -0.4 is 10.2 Å². The number of hydrogen-bond donors (Lipinski definition) is 2. The van der Waals surface area contributed by atoms with Crippen LogP contribution in [0.1, 0.15) is 33.5 Å². The quantitative estimate of drug-likeness (QED) is 0.799. The molecule has 3 aliphatic rings. The van der Waals surface area contributed by atoms with Crippen molar-refractivity contribution in [2.24, 2.45) is 4.99 Å². The predicted octanol–water partition coefficient (Wildman–Crippen LogP) is 3.11. The molecule has 1 saturated heterocycles. The van der Waals surface area contributed by atoms with Crippen LogP contribution in [-0.4, -0.2) is 42.0 Å². The second kappa shape index (κ2) is 6.15. The number of ketones is 1. The van der Waals surface area contributed by atoms with E-state index in [0.29, 0.717) is 43.3 Å². The van der Waals surface area contributed by atoms with E-state index in [1.165, 1.54) is 0 Å². The fourth-order valence-electron chi connectivity index (χ4n) is 4.23. The number of carbonyl (C=O) groups is 1. The highest BCUT2D eigenvalue weighted by Gasteiger charge is 2.52. The van der Waals surface area contributed by atoms with E-state index in [4.69, 9.17) is 9.73 Å². The number of nitrogens with one attached hydrogen (secondary N) is 1. The largest absolute Gasteiger partial charge is 0.382 e. The highest BCUT2D eigenvalue weighted by molar-refractivity contribution is 6.28. The van der Waals surface area contributed by atoms with Crippen LogP contribution in [0.25, 0.3) is 0 Å². The van der Waals surface area contributed by atoms with Gasteiger partial charge in [-0.1, -0.05) is 0 Å². The summed E-state index contributed by atoms with van der Waals surface area (Å²) in [5.74, 6) is 0.175. The molecular formula is C22H23N3O3. The third-order valence-electron chi connectivity index (χ3n) is 6.00. The summed E-state index contributed by atoms with van der Waals surface area (Å²) in [4.78, 5) is 19.9. The van der Waals surface area contributed by atoms with Crippen LogP contribution in [0.2, 0.25) is 0 Å². The van der Waals surface area contributed by atoms with E-state index in [2.05, 4.69) is 11.4 Å². The zero-order chi connectivity index (χ0) is 19.5. The molecule has 0 amide bonds. The molecule has 1 unspecified atom stereocenters. The van der Waals surface area contributed by atoms with Gasteiger partial charge in [0.15, 0.2) is 5.60 Å². The normalized spacial score (nSPS) is 23.3. The van der Waals surface area contributed by atoms with Crippen molar-refractivity contribution in [1.82, 2.24) is 0 Å². The molecule has 5 rings (SSSR count). The van der Waals surface area contributed by atoms with Crippen molar-refractivity contribution in [2.75, 3.05) is 29.9 Å². The van der Waals surface area contributed by atoms with E-state index >= 15 is 0 Å². The standard InChI is InChI=1S/C22H23N3O3/c1-13-9-17-19(10-14(13)2)24-21-22(27,20(17)26)5-7-25(21)16-3-4-18-15(11-16)12-28-8-6-23-18/h3-4,9-11,23,27H,5-8,12H2,1-2H3. The number of nitrogens with zero attached hydrogens (tertiary/aromatic N) is 2. The summed E-state index contributed by atoms with van der Waals surface area (Å²) >= 11 is 0. The van der Waals surface area contributed by atoms with Crippen LogP contribution in [0.4, 0.5) is 17.1 Å². The molecule has 2 aromatic rings. The monoisotopic (exact) mass is 377 g/mol. The second-order valence-corrected chi connectivity index (χ2v) is 7.80. The van der Waals surface area contributed by atoms with Crippen LogP contribution >= 0.6 is 0 Å². The Morgan fingerprint density at radius 1 is 1.21 bits per heavy atom. The van der Waals surface area contributed by atoms with Crippen molar-refractivity contribution < 1.29 is 14.6 Å². The van der Waals surface area contributed by atoms with Crippen LogP contribution in [-0.2, 0) is 11.3 Å². The molecule has 0 spiro atoms.